The number of hydrogen-bond donors (Lipinski definition) is 3. The highest BCUT2D eigenvalue weighted by Crippen LogP contribution is 2.13. The van der Waals surface area contributed by atoms with Crippen LogP contribution >= 0.6 is 0 Å². The van der Waals surface area contributed by atoms with Crippen molar-refractivity contribution in [2.45, 2.75) is 30.3 Å². The molecule has 1 aromatic carbocycles. The fourth-order valence-corrected chi connectivity index (χ4v) is 3.28. The maximum Gasteiger partial charge on any atom is 0.241 e. The molecule has 1 atom stereocenters. The lowest BCUT2D eigenvalue weighted by Crippen LogP contribution is -2.50. The molecule has 0 saturated carbocycles. The van der Waals surface area contributed by atoms with E-state index in [2.05, 4.69) is 10.0 Å². The van der Waals surface area contributed by atoms with E-state index in [9.17, 15) is 13.2 Å². The predicted molar refractivity (Wildman–Crippen MR) is 70.7 cm³/mol. The van der Waals surface area contributed by atoms with Crippen LogP contribution in [-0.4, -0.2) is 26.9 Å². The Hall–Kier alpha value is -1.44. The number of carbonyl (C=O) groups excluding carboxylic acids is 1. The van der Waals surface area contributed by atoms with Gasteiger partial charge in [0.25, 0.3) is 0 Å². The van der Waals surface area contributed by atoms with Gasteiger partial charge in [-0.1, -0.05) is 12.1 Å². The highest BCUT2D eigenvalue weighted by atomic mass is 32.2. The van der Waals surface area contributed by atoms with E-state index in [1.165, 1.54) is 12.1 Å². The average molecular weight is 283 g/mol. The highest BCUT2D eigenvalue weighted by molar-refractivity contribution is 7.89. The van der Waals surface area contributed by atoms with E-state index in [0.717, 1.165) is 12.0 Å². The van der Waals surface area contributed by atoms with Crippen LogP contribution in [0.2, 0.25) is 0 Å². The third-order valence-corrected chi connectivity index (χ3v) is 4.50. The summed E-state index contributed by atoms with van der Waals surface area (Å²) in [5.74, 6) is -0.273. The van der Waals surface area contributed by atoms with E-state index in [4.69, 9.17) is 5.73 Å². The van der Waals surface area contributed by atoms with Crippen molar-refractivity contribution in [2.75, 3.05) is 6.54 Å². The summed E-state index contributed by atoms with van der Waals surface area (Å²) in [6, 6.07) is 5.70. The van der Waals surface area contributed by atoms with Gasteiger partial charge in [0.1, 0.15) is 6.04 Å². The number of amides is 1. The standard InChI is InChI=1S/C12H17N3O3S/c13-8-9-3-1-4-10(7-9)19(17,18)15-11-5-2-6-14-12(11)16/h1,3-4,7,11,15H,2,5-6,8,13H2,(H,14,16). The molecule has 1 fully saturated rings. The maximum absolute atomic E-state index is 12.2. The van der Waals surface area contributed by atoms with E-state index >= 15 is 0 Å². The van der Waals surface area contributed by atoms with Gasteiger partial charge in [-0.25, -0.2) is 8.42 Å². The molecule has 104 valence electrons. The van der Waals surface area contributed by atoms with Gasteiger partial charge < -0.3 is 11.1 Å². The van der Waals surface area contributed by atoms with Crippen LogP contribution < -0.4 is 15.8 Å². The van der Waals surface area contributed by atoms with Gasteiger partial charge in [0, 0.05) is 13.1 Å². The van der Waals surface area contributed by atoms with Gasteiger partial charge in [0.15, 0.2) is 0 Å². The molecule has 19 heavy (non-hydrogen) atoms. The Morgan fingerprint density at radius 2 is 2.21 bits per heavy atom. The Morgan fingerprint density at radius 1 is 1.42 bits per heavy atom. The van der Waals surface area contributed by atoms with Gasteiger partial charge in [-0.3, -0.25) is 4.79 Å². The third-order valence-electron chi connectivity index (χ3n) is 3.03. The van der Waals surface area contributed by atoms with E-state index in [1.807, 2.05) is 0 Å². The van der Waals surface area contributed by atoms with Crippen molar-refractivity contribution in [2.24, 2.45) is 5.73 Å². The first-order valence-corrected chi connectivity index (χ1v) is 7.60. The molecule has 1 unspecified atom stereocenters. The zero-order valence-corrected chi connectivity index (χ0v) is 11.2. The Labute approximate surface area is 112 Å². The fraction of sp³-hybridized carbons (Fsp3) is 0.417. The van der Waals surface area contributed by atoms with E-state index < -0.39 is 16.1 Å². The average Bonchev–Trinajstić information content (AvgIpc) is 2.41. The van der Waals surface area contributed by atoms with Gasteiger partial charge in [-0.05, 0) is 30.5 Å². The summed E-state index contributed by atoms with van der Waals surface area (Å²) in [5.41, 5.74) is 6.22. The summed E-state index contributed by atoms with van der Waals surface area (Å²) in [5, 5.41) is 2.64. The summed E-state index contributed by atoms with van der Waals surface area (Å²) >= 11 is 0. The minimum Gasteiger partial charge on any atom is -0.355 e. The molecule has 0 bridgehead atoms. The Morgan fingerprint density at radius 3 is 2.89 bits per heavy atom. The van der Waals surface area contributed by atoms with Crippen LogP contribution in [0.15, 0.2) is 29.2 Å². The number of rotatable bonds is 4. The number of benzene rings is 1. The normalized spacial score (nSPS) is 20.1. The van der Waals surface area contributed by atoms with Crippen LogP contribution in [0, 0.1) is 0 Å². The summed E-state index contributed by atoms with van der Waals surface area (Å²) in [6.45, 7) is 0.868. The molecule has 1 aromatic rings. The van der Waals surface area contributed by atoms with E-state index in [1.54, 1.807) is 12.1 Å². The molecule has 0 spiro atoms. The van der Waals surface area contributed by atoms with Gasteiger partial charge in [-0.15, -0.1) is 0 Å². The first-order valence-electron chi connectivity index (χ1n) is 6.12. The minimum absolute atomic E-state index is 0.133. The minimum atomic E-state index is -3.69. The lowest BCUT2D eigenvalue weighted by molar-refractivity contribution is -0.124. The second kappa shape index (κ2) is 5.68. The number of sulfonamides is 1. The molecule has 0 aliphatic carbocycles. The number of carbonyl (C=O) groups is 1. The number of hydrogen-bond acceptors (Lipinski definition) is 4. The molecule has 0 aromatic heterocycles. The number of nitrogens with one attached hydrogen (secondary N) is 2. The quantitative estimate of drug-likeness (QED) is 0.706. The van der Waals surface area contributed by atoms with Crippen LogP contribution in [0.3, 0.4) is 0 Å². The molecule has 0 radical (unpaired) electrons. The zero-order valence-electron chi connectivity index (χ0n) is 10.4. The second-order valence-electron chi connectivity index (χ2n) is 4.46. The molecule has 4 N–H and O–H groups in total. The van der Waals surface area contributed by atoms with Crippen molar-refractivity contribution in [1.29, 1.82) is 0 Å². The first-order chi connectivity index (χ1) is 9.03. The number of nitrogens with two attached hydrogens (primary N) is 1. The molecule has 1 heterocycles. The van der Waals surface area contributed by atoms with Crippen LogP contribution in [0.25, 0.3) is 0 Å². The fourth-order valence-electron chi connectivity index (χ4n) is 1.98. The predicted octanol–water partition coefficient (Wildman–Crippen LogP) is -0.298. The van der Waals surface area contributed by atoms with Crippen LogP contribution in [-0.2, 0) is 21.4 Å². The van der Waals surface area contributed by atoms with Crippen molar-refractivity contribution in [3.05, 3.63) is 29.8 Å². The first kappa shape index (κ1) is 14.0. The molecule has 2 rings (SSSR count). The van der Waals surface area contributed by atoms with E-state index in [-0.39, 0.29) is 17.3 Å². The summed E-state index contributed by atoms with van der Waals surface area (Å²) < 4.78 is 26.8. The topological polar surface area (TPSA) is 101 Å². The van der Waals surface area contributed by atoms with E-state index in [0.29, 0.717) is 13.0 Å². The van der Waals surface area contributed by atoms with Gasteiger partial charge in [0.05, 0.1) is 4.90 Å². The van der Waals surface area contributed by atoms with Gasteiger partial charge in [-0.2, -0.15) is 4.72 Å². The largest absolute Gasteiger partial charge is 0.355 e. The molecule has 7 heteroatoms. The van der Waals surface area contributed by atoms with Crippen molar-refractivity contribution in [1.82, 2.24) is 10.0 Å². The van der Waals surface area contributed by atoms with Crippen LogP contribution in [0.1, 0.15) is 18.4 Å². The lowest BCUT2D eigenvalue weighted by atomic mass is 10.1. The molecule has 1 aliphatic heterocycles. The Balaban J connectivity index is 2.19. The van der Waals surface area contributed by atoms with Crippen LogP contribution in [0.4, 0.5) is 0 Å². The van der Waals surface area contributed by atoms with Crippen LogP contribution in [0.5, 0.6) is 0 Å². The lowest BCUT2D eigenvalue weighted by Gasteiger charge is -2.22. The molecule has 1 saturated heterocycles. The number of piperidine rings is 1. The third kappa shape index (κ3) is 3.31. The summed E-state index contributed by atoms with van der Waals surface area (Å²) in [7, 11) is -3.69. The molecule has 1 amide bonds. The Kier molecular flexibility index (Phi) is 4.18. The smallest absolute Gasteiger partial charge is 0.241 e. The van der Waals surface area contributed by atoms with Crippen molar-refractivity contribution in [3.63, 3.8) is 0 Å². The zero-order chi connectivity index (χ0) is 13.9. The summed E-state index contributed by atoms with van der Waals surface area (Å²) in [4.78, 5) is 11.7. The highest BCUT2D eigenvalue weighted by Gasteiger charge is 2.27. The maximum atomic E-state index is 12.2. The van der Waals surface area contributed by atoms with Crippen molar-refractivity contribution >= 4 is 15.9 Å². The molecular weight excluding hydrogens is 266 g/mol. The molecule has 6 nitrogen and oxygen atoms in total. The second-order valence-corrected chi connectivity index (χ2v) is 6.17. The molecule has 1 aliphatic rings. The SMILES string of the molecule is NCc1cccc(S(=O)(=O)NC2CCCNC2=O)c1. The molecular formula is C12H17N3O3S. The summed E-state index contributed by atoms with van der Waals surface area (Å²) in [6.07, 6.45) is 1.28. The monoisotopic (exact) mass is 283 g/mol. The Bertz CT molecular complexity index is 571. The van der Waals surface area contributed by atoms with Crippen molar-refractivity contribution < 1.29 is 13.2 Å². The van der Waals surface area contributed by atoms with Gasteiger partial charge >= 0.3 is 0 Å². The van der Waals surface area contributed by atoms with Crippen molar-refractivity contribution in [3.8, 4) is 0 Å². The van der Waals surface area contributed by atoms with Gasteiger partial charge in [0.2, 0.25) is 15.9 Å².